The van der Waals surface area contributed by atoms with Crippen molar-refractivity contribution in [2.24, 2.45) is 4.99 Å². The van der Waals surface area contributed by atoms with Crippen LogP contribution in [0.3, 0.4) is 0 Å². The number of nitrogens with zero attached hydrogens (tertiary/aromatic N) is 3. The molecule has 1 N–H and O–H groups in total. The molecule has 4 rings (SSSR count). The highest BCUT2D eigenvalue weighted by molar-refractivity contribution is 6.03. The van der Waals surface area contributed by atoms with Gasteiger partial charge in [0.25, 0.3) is 5.91 Å². The predicted octanol–water partition coefficient (Wildman–Crippen LogP) is 2.41. The second kappa shape index (κ2) is 4.15. The van der Waals surface area contributed by atoms with Gasteiger partial charge in [-0.25, -0.2) is 9.98 Å². The third-order valence-electron chi connectivity index (χ3n) is 4.31. The summed E-state index contributed by atoms with van der Waals surface area (Å²) in [6.45, 7) is 2.05. The van der Waals surface area contributed by atoms with Gasteiger partial charge < -0.3 is 9.88 Å². The number of fused-ring (bicyclic) bond motifs is 3. The zero-order valence-corrected chi connectivity index (χ0v) is 11.8. The van der Waals surface area contributed by atoms with Crippen LogP contribution in [0.4, 0.5) is 5.69 Å². The highest BCUT2D eigenvalue weighted by Crippen LogP contribution is 2.47. The quantitative estimate of drug-likeness (QED) is 0.871. The zero-order chi connectivity index (χ0) is 14.6. The molecule has 0 saturated heterocycles. The summed E-state index contributed by atoms with van der Waals surface area (Å²) in [4.78, 5) is 25.5. The lowest BCUT2D eigenvalue weighted by molar-refractivity contribution is -0.118. The minimum absolute atomic E-state index is 0.0945. The molecule has 0 bridgehead atoms. The normalized spacial score (nSPS) is 19.5. The Morgan fingerprint density at radius 1 is 1.33 bits per heavy atom. The van der Waals surface area contributed by atoms with Gasteiger partial charge in [-0.05, 0) is 30.2 Å². The first-order valence-corrected chi connectivity index (χ1v) is 6.82. The lowest BCUT2D eigenvalue weighted by Crippen LogP contribution is -2.20. The number of nitrogens with one attached hydrogen (secondary N) is 1. The molecule has 3 heterocycles. The summed E-state index contributed by atoms with van der Waals surface area (Å²) in [6.07, 6.45) is 6.96. The summed E-state index contributed by atoms with van der Waals surface area (Å²) in [5.74, 6) is -0.374. The van der Waals surface area contributed by atoms with E-state index < -0.39 is 0 Å². The Bertz CT molecular complexity index is 802. The van der Waals surface area contributed by atoms with Crippen molar-refractivity contribution in [1.29, 1.82) is 0 Å². The first-order valence-electron chi connectivity index (χ1n) is 6.82. The van der Waals surface area contributed by atoms with Crippen molar-refractivity contribution in [2.45, 2.75) is 12.8 Å². The van der Waals surface area contributed by atoms with Crippen LogP contribution in [0.25, 0.3) is 11.3 Å². The number of hydrogen-bond acceptors (Lipinski definition) is 3. The highest BCUT2D eigenvalue weighted by atomic mass is 16.1. The molecule has 1 amide bonds. The Labute approximate surface area is 122 Å². The fraction of sp³-hybridized carbons (Fsp3) is 0.188. The van der Waals surface area contributed by atoms with Gasteiger partial charge in [-0.3, -0.25) is 4.79 Å². The van der Waals surface area contributed by atoms with Crippen LogP contribution in [0.2, 0.25) is 0 Å². The van der Waals surface area contributed by atoms with Crippen molar-refractivity contribution in [3.8, 4) is 11.3 Å². The number of rotatable bonds is 1. The molecule has 1 aromatic heterocycles. The zero-order valence-electron chi connectivity index (χ0n) is 11.8. The van der Waals surface area contributed by atoms with E-state index >= 15 is 0 Å². The number of imidazole rings is 1. The first-order chi connectivity index (χ1) is 10.2. The Hall–Kier alpha value is -2.69. The molecular formula is C16H14N4O. The summed E-state index contributed by atoms with van der Waals surface area (Å²) in [7, 11) is 1.99. The topological polar surface area (TPSA) is 61.4 Å². The molecule has 2 aliphatic heterocycles. The third kappa shape index (κ3) is 1.54. The molecule has 104 valence electrons. The van der Waals surface area contributed by atoms with Crippen molar-refractivity contribution in [3.63, 3.8) is 0 Å². The van der Waals surface area contributed by atoms with Crippen LogP contribution in [0.1, 0.15) is 17.0 Å². The number of allylic oxidation sites excluding steroid dienone is 1. The fourth-order valence-corrected chi connectivity index (χ4v) is 3.27. The van der Waals surface area contributed by atoms with Crippen LogP contribution < -0.4 is 4.90 Å². The number of carbonyl (C=O) groups is 1. The summed E-state index contributed by atoms with van der Waals surface area (Å²) in [5.41, 5.74) is 6.26. The standard InChI is InChI=1S/C16H14N4O/c1-9-10(11-7-17-8-19-11)3-4-12-14(9)15-13(20(12)2)5-6-18-16(15)21/h3-8,15H,1-2H3,(H,17,19). The Morgan fingerprint density at radius 3 is 2.95 bits per heavy atom. The number of benzene rings is 1. The maximum absolute atomic E-state index is 12.2. The average Bonchev–Trinajstić information content (AvgIpc) is 3.09. The van der Waals surface area contributed by atoms with Crippen LogP contribution in [0, 0.1) is 6.92 Å². The molecule has 2 aliphatic rings. The van der Waals surface area contributed by atoms with Crippen molar-refractivity contribution in [2.75, 3.05) is 11.9 Å². The number of hydrogen-bond donors (Lipinski definition) is 1. The van der Waals surface area contributed by atoms with Gasteiger partial charge in [0, 0.05) is 30.2 Å². The second-order valence-corrected chi connectivity index (χ2v) is 5.34. The van der Waals surface area contributed by atoms with E-state index in [4.69, 9.17) is 0 Å². The van der Waals surface area contributed by atoms with E-state index in [1.807, 2.05) is 13.1 Å². The van der Waals surface area contributed by atoms with Crippen LogP contribution >= 0.6 is 0 Å². The number of H-pyrrole nitrogens is 1. The Kier molecular flexibility index (Phi) is 2.39. The highest BCUT2D eigenvalue weighted by Gasteiger charge is 2.39. The smallest absolute Gasteiger partial charge is 0.259 e. The number of dihydropyridines is 1. The van der Waals surface area contributed by atoms with Crippen molar-refractivity contribution < 1.29 is 4.79 Å². The van der Waals surface area contributed by atoms with Gasteiger partial charge >= 0.3 is 0 Å². The van der Waals surface area contributed by atoms with Gasteiger partial charge in [-0.1, -0.05) is 6.07 Å². The fourth-order valence-electron chi connectivity index (χ4n) is 3.27. The van der Waals surface area contributed by atoms with Gasteiger partial charge in [0.1, 0.15) is 5.92 Å². The molecule has 2 aromatic rings. The summed E-state index contributed by atoms with van der Waals surface area (Å²) >= 11 is 0. The van der Waals surface area contributed by atoms with Gasteiger partial charge in [0.05, 0.1) is 18.2 Å². The maximum atomic E-state index is 12.2. The molecule has 1 unspecified atom stereocenters. The molecule has 1 aromatic carbocycles. The maximum Gasteiger partial charge on any atom is 0.259 e. The van der Waals surface area contributed by atoms with Crippen LogP contribution in [0.15, 0.2) is 41.4 Å². The van der Waals surface area contributed by atoms with E-state index in [9.17, 15) is 4.79 Å². The number of likely N-dealkylation sites (N-methyl/N-ethyl adjacent to an activating group) is 1. The van der Waals surface area contributed by atoms with Crippen LogP contribution in [-0.2, 0) is 4.79 Å². The minimum atomic E-state index is -0.280. The van der Waals surface area contributed by atoms with Crippen molar-refractivity contribution in [1.82, 2.24) is 9.97 Å². The Balaban J connectivity index is 1.96. The molecule has 0 radical (unpaired) electrons. The van der Waals surface area contributed by atoms with E-state index in [0.29, 0.717) is 0 Å². The van der Waals surface area contributed by atoms with Crippen LogP contribution in [-0.4, -0.2) is 29.1 Å². The molecule has 0 aliphatic carbocycles. The number of anilines is 1. The molecule has 5 nitrogen and oxygen atoms in total. The summed E-state index contributed by atoms with van der Waals surface area (Å²) in [5, 5.41) is 0. The largest absolute Gasteiger partial charge is 0.347 e. The van der Waals surface area contributed by atoms with Crippen molar-refractivity contribution >= 4 is 17.8 Å². The SMILES string of the molecule is Cc1c(-c2cnc[nH]2)ccc2c1C1C(=O)N=CC=C1N2C. The van der Waals surface area contributed by atoms with Gasteiger partial charge in [0.2, 0.25) is 0 Å². The van der Waals surface area contributed by atoms with E-state index in [2.05, 4.69) is 38.9 Å². The molecule has 0 fully saturated rings. The summed E-state index contributed by atoms with van der Waals surface area (Å²) in [6, 6.07) is 4.13. The van der Waals surface area contributed by atoms with Crippen molar-refractivity contribution in [3.05, 3.63) is 47.6 Å². The first kappa shape index (κ1) is 12.1. The average molecular weight is 278 g/mol. The molecule has 5 heteroatoms. The minimum Gasteiger partial charge on any atom is -0.347 e. The van der Waals surface area contributed by atoms with Gasteiger partial charge in [-0.15, -0.1) is 0 Å². The number of aromatic amines is 1. The molecule has 0 spiro atoms. The molecule has 0 saturated carbocycles. The van der Waals surface area contributed by atoms with E-state index in [1.165, 1.54) is 0 Å². The summed E-state index contributed by atoms with van der Waals surface area (Å²) < 4.78 is 0. The number of aliphatic imine (C=N–C) groups is 1. The molecular weight excluding hydrogens is 264 g/mol. The Morgan fingerprint density at radius 2 is 2.19 bits per heavy atom. The van der Waals surface area contributed by atoms with E-state index in [0.717, 1.165) is 33.8 Å². The third-order valence-corrected chi connectivity index (χ3v) is 4.31. The predicted molar refractivity (Wildman–Crippen MR) is 81.5 cm³/mol. The van der Waals surface area contributed by atoms with Gasteiger partial charge in [0.15, 0.2) is 0 Å². The number of carbonyl (C=O) groups excluding carboxylic acids is 1. The lowest BCUT2D eigenvalue weighted by atomic mass is 9.89. The number of aromatic nitrogens is 2. The lowest BCUT2D eigenvalue weighted by Gasteiger charge is -2.17. The van der Waals surface area contributed by atoms with E-state index in [1.54, 1.807) is 18.7 Å². The number of amides is 1. The molecule has 1 atom stereocenters. The van der Waals surface area contributed by atoms with Crippen LogP contribution in [0.5, 0.6) is 0 Å². The second-order valence-electron chi connectivity index (χ2n) is 5.34. The monoisotopic (exact) mass is 278 g/mol. The molecule has 21 heavy (non-hydrogen) atoms. The van der Waals surface area contributed by atoms with E-state index in [-0.39, 0.29) is 11.8 Å². The van der Waals surface area contributed by atoms with Gasteiger partial charge in [-0.2, -0.15) is 0 Å².